The molecule has 0 fully saturated rings. The van der Waals surface area contributed by atoms with Crippen LogP contribution in [0.15, 0.2) is 30.3 Å². The number of benzene rings is 1. The topological polar surface area (TPSA) is 40.5 Å². The summed E-state index contributed by atoms with van der Waals surface area (Å²) < 4.78 is 0. The third-order valence-electron chi connectivity index (χ3n) is 2.10. The highest BCUT2D eigenvalue weighted by Crippen LogP contribution is 2.11. The molecule has 0 aromatic heterocycles. The fourth-order valence-electron chi connectivity index (χ4n) is 1.10. The van der Waals surface area contributed by atoms with E-state index in [2.05, 4.69) is 0 Å². The molecule has 0 bridgehead atoms. The van der Waals surface area contributed by atoms with Gasteiger partial charge < -0.3 is 10.0 Å². The average molecular weight is 205 g/mol. The molecule has 3 nitrogen and oxygen atoms in total. The highest BCUT2D eigenvalue weighted by Gasteiger charge is 1.97. The number of likely N-dealkylation sites (N-methyl/N-ethyl adjacent to an activating group) is 1. The predicted molar refractivity (Wildman–Crippen MR) is 60.5 cm³/mol. The van der Waals surface area contributed by atoms with E-state index in [9.17, 15) is 9.90 Å². The zero-order chi connectivity index (χ0) is 11.3. The zero-order valence-corrected chi connectivity index (χ0v) is 8.97. The van der Waals surface area contributed by atoms with Gasteiger partial charge in [-0.05, 0) is 17.7 Å². The Morgan fingerprint density at radius 3 is 2.87 bits per heavy atom. The molecule has 0 unspecified atom stereocenters. The number of hydrogen-bond donors (Lipinski definition) is 1. The van der Waals surface area contributed by atoms with Crippen molar-refractivity contribution in [2.75, 3.05) is 13.6 Å². The molecule has 1 rings (SSSR count). The Kier molecular flexibility index (Phi) is 3.92. The number of amides is 1. The highest BCUT2D eigenvalue weighted by molar-refractivity contribution is 5.73. The molecule has 0 aliphatic carbocycles. The Hall–Kier alpha value is -1.77. The van der Waals surface area contributed by atoms with Crippen molar-refractivity contribution in [3.63, 3.8) is 0 Å². The summed E-state index contributed by atoms with van der Waals surface area (Å²) in [4.78, 5) is 12.5. The maximum Gasteiger partial charge on any atom is 0.219 e. The number of phenolic OH excluding ortho intramolecular Hbond substituents is 1. The van der Waals surface area contributed by atoms with Crippen LogP contribution in [0.3, 0.4) is 0 Å². The standard InChI is InChI=1S/C12H15NO2/c1-10(14)13(2)8-4-6-11-5-3-7-12(15)9-11/h3-7,9,15H,8H2,1-2H3/b6-4+. The van der Waals surface area contributed by atoms with Crippen molar-refractivity contribution in [1.29, 1.82) is 0 Å². The molecule has 3 heteroatoms. The van der Waals surface area contributed by atoms with Gasteiger partial charge in [0.25, 0.3) is 0 Å². The second kappa shape index (κ2) is 5.20. The Bertz CT molecular complexity index is 372. The monoisotopic (exact) mass is 205 g/mol. The van der Waals surface area contributed by atoms with Crippen LogP contribution >= 0.6 is 0 Å². The maximum absolute atomic E-state index is 10.9. The molecule has 80 valence electrons. The highest BCUT2D eigenvalue weighted by atomic mass is 16.3. The van der Waals surface area contributed by atoms with Crippen molar-refractivity contribution in [2.24, 2.45) is 0 Å². The maximum atomic E-state index is 10.9. The van der Waals surface area contributed by atoms with Crippen LogP contribution in [-0.4, -0.2) is 29.5 Å². The predicted octanol–water partition coefficient (Wildman–Crippen LogP) is 1.88. The Morgan fingerprint density at radius 1 is 1.53 bits per heavy atom. The average Bonchev–Trinajstić information content (AvgIpc) is 2.17. The number of carbonyl (C=O) groups excluding carboxylic acids is 1. The molecule has 0 heterocycles. The van der Waals surface area contributed by atoms with Crippen LogP contribution in [0.1, 0.15) is 12.5 Å². The number of carbonyl (C=O) groups is 1. The Labute approximate surface area is 89.6 Å². The van der Waals surface area contributed by atoms with Gasteiger partial charge in [-0.1, -0.05) is 24.3 Å². The molecule has 0 aliphatic rings. The van der Waals surface area contributed by atoms with Crippen molar-refractivity contribution < 1.29 is 9.90 Å². The molecule has 0 radical (unpaired) electrons. The van der Waals surface area contributed by atoms with E-state index in [0.29, 0.717) is 6.54 Å². The third kappa shape index (κ3) is 3.85. The minimum Gasteiger partial charge on any atom is -0.508 e. The fourth-order valence-corrected chi connectivity index (χ4v) is 1.10. The number of rotatable bonds is 3. The lowest BCUT2D eigenvalue weighted by atomic mass is 10.2. The quantitative estimate of drug-likeness (QED) is 0.818. The first-order valence-corrected chi connectivity index (χ1v) is 4.77. The Balaban J connectivity index is 2.55. The van der Waals surface area contributed by atoms with Gasteiger partial charge >= 0.3 is 0 Å². The minimum absolute atomic E-state index is 0.0376. The molecule has 0 spiro atoms. The number of aromatic hydroxyl groups is 1. The molecule has 0 aliphatic heterocycles. The van der Waals surface area contributed by atoms with Crippen molar-refractivity contribution in [3.8, 4) is 5.75 Å². The lowest BCUT2D eigenvalue weighted by Gasteiger charge is -2.10. The van der Waals surface area contributed by atoms with E-state index in [1.54, 1.807) is 30.1 Å². The summed E-state index contributed by atoms with van der Waals surface area (Å²) in [5, 5.41) is 9.21. The lowest BCUT2D eigenvalue weighted by Crippen LogP contribution is -2.23. The molecule has 1 N–H and O–H groups in total. The van der Waals surface area contributed by atoms with Crippen LogP contribution in [0.2, 0.25) is 0 Å². The molecule has 1 aromatic carbocycles. The second-order valence-electron chi connectivity index (χ2n) is 3.40. The van der Waals surface area contributed by atoms with Gasteiger partial charge in [0.15, 0.2) is 0 Å². The van der Waals surface area contributed by atoms with Gasteiger partial charge in [0.1, 0.15) is 5.75 Å². The van der Waals surface area contributed by atoms with E-state index < -0.39 is 0 Å². The molecular weight excluding hydrogens is 190 g/mol. The third-order valence-corrected chi connectivity index (χ3v) is 2.10. The fraction of sp³-hybridized carbons (Fsp3) is 0.250. The van der Waals surface area contributed by atoms with E-state index in [0.717, 1.165) is 5.56 Å². The van der Waals surface area contributed by atoms with Crippen molar-refractivity contribution in [3.05, 3.63) is 35.9 Å². The molecule has 15 heavy (non-hydrogen) atoms. The first-order chi connectivity index (χ1) is 7.09. The summed E-state index contributed by atoms with van der Waals surface area (Å²) >= 11 is 0. The lowest BCUT2D eigenvalue weighted by molar-refractivity contribution is -0.127. The van der Waals surface area contributed by atoms with Gasteiger partial charge in [-0.25, -0.2) is 0 Å². The van der Waals surface area contributed by atoms with Crippen LogP contribution in [0.4, 0.5) is 0 Å². The summed E-state index contributed by atoms with van der Waals surface area (Å²) in [5.41, 5.74) is 0.923. The first-order valence-electron chi connectivity index (χ1n) is 4.77. The van der Waals surface area contributed by atoms with Gasteiger partial charge in [0.2, 0.25) is 5.91 Å². The summed E-state index contributed by atoms with van der Waals surface area (Å²) in [7, 11) is 1.75. The zero-order valence-electron chi connectivity index (χ0n) is 8.97. The number of phenols is 1. The van der Waals surface area contributed by atoms with Crippen LogP contribution in [-0.2, 0) is 4.79 Å². The van der Waals surface area contributed by atoms with E-state index in [4.69, 9.17) is 0 Å². The normalized spacial score (nSPS) is 10.5. The van der Waals surface area contributed by atoms with Gasteiger partial charge in [-0.2, -0.15) is 0 Å². The van der Waals surface area contributed by atoms with Gasteiger partial charge in [0.05, 0.1) is 0 Å². The Morgan fingerprint density at radius 2 is 2.27 bits per heavy atom. The van der Waals surface area contributed by atoms with Crippen LogP contribution in [0, 0.1) is 0 Å². The number of hydrogen-bond acceptors (Lipinski definition) is 2. The van der Waals surface area contributed by atoms with E-state index >= 15 is 0 Å². The summed E-state index contributed by atoms with van der Waals surface area (Å²) in [6.45, 7) is 2.10. The van der Waals surface area contributed by atoms with E-state index in [1.165, 1.54) is 6.92 Å². The first kappa shape index (κ1) is 11.3. The van der Waals surface area contributed by atoms with Crippen molar-refractivity contribution in [1.82, 2.24) is 4.90 Å². The molecule has 1 amide bonds. The summed E-state index contributed by atoms with van der Waals surface area (Å²) in [6.07, 6.45) is 3.76. The molecule has 0 saturated carbocycles. The van der Waals surface area contributed by atoms with Crippen LogP contribution in [0.5, 0.6) is 5.75 Å². The second-order valence-corrected chi connectivity index (χ2v) is 3.40. The summed E-state index contributed by atoms with van der Waals surface area (Å²) in [6, 6.07) is 6.97. The van der Waals surface area contributed by atoms with Crippen LogP contribution in [0.25, 0.3) is 6.08 Å². The smallest absolute Gasteiger partial charge is 0.219 e. The minimum atomic E-state index is 0.0376. The van der Waals surface area contributed by atoms with Gasteiger partial charge in [0, 0.05) is 20.5 Å². The van der Waals surface area contributed by atoms with Crippen molar-refractivity contribution >= 4 is 12.0 Å². The van der Waals surface area contributed by atoms with Gasteiger partial charge in [-0.3, -0.25) is 4.79 Å². The SMILES string of the molecule is CC(=O)N(C)C/C=C/c1cccc(O)c1. The molecule has 0 saturated heterocycles. The summed E-state index contributed by atoms with van der Waals surface area (Å²) in [5.74, 6) is 0.285. The van der Waals surface area contributed by atoms with E-state index in [1.807, 2.05) is 18.2 Å². The van der Waals surface area contributed by atoms with E-state index in [-0.39, 0.29) is 11.7 Å². The van der Waals surface area contributed by atoms with Gasteiger partial charge in [-0.15, -0.1) is 0 Å². The molecule has 1 aromatic rings. The largest absolute Gasteiger partial charge is 0.508 e. The van der Waals surface area contributed by atoms with Crippen LogP contribution < -0.4 is 0 Å². The molecular formula is C12H15NO2. The molecule has 0 atom stereocenters. The number of nitrogens with zero attached hydrogens (tertiary/aromatic N) is 1. The van der Waals surface area contributed by atoms with Crippen molar-refractivity contribution in [2.45, 2.75) is 6.92 Å².